The Hall–Kier alpha value is -1.56. The number of carbonyl (C=O) groups is 1. The van der Waals surface area contributed by atoms with Crippen LogP contribution in [0.25, 0.3) is 0 Å². The molecule has 1 fully saturated rings. The van der Waals surface area contributed by atoms with Crippen molar-refractivity contribution in [2.75, 3.05) is 19.7 Å². The number of rotatable bonds is 3. The van der Waals surface area contributed by atoms with Gasteiger partial charge >= 0.3 is 6.03 Å². The quantitative estimate of drug-likeness (QED) is 0.847. The van der Waals surface area contributed by atoms with Gasteiger partial charge in [0.25, 0.3) is 0 Å². The van der Waals surface area contributed by atoms with Crippen LogP contribution in [0.15, 0.2) is 12.3 Å². The highest BCUT2D eigenvalue weighted by atomic mass is 16.5. The van der Waals surface area contributed by atoms with Crippen LogP contribution >= 0.6 is 0 Å². The van der Waals surface area contributed by atoms with Crippen molar-refractivity contribution in [2.45, 2.75) is 32.4 Å². The maximum Gasteiger partial charge on any atom is 0.317 e. The highest BCUT2D eigenvalue weighted by Crippen LogP contribution is 2.20. The van der Waals surface area contributed by atoms with E-state index in [1.807, 2.05) is 17.9 Å². The van der Waals surface area contributed by atoms with Gasteiger partial charge in [-0.15, -0.1) is 0 Å². The van der Waals surface area contributed by atoms with E-state index < -0.39 is 0 Å². The number of urea groups is 1. The molecular formula is C12H20N4O2. The lowest BCUT2D eigenvalue weighted by Crippen LogP contribution is -2.54. The average Bonchev–Trinajstić information content (AvgIpc) is 2.89. The van der Waals surface area contributed by atoms with E-state index in [1.165, 1.54) is 0 Å². The van der Waals surface area contributed by atoms with Crippen molar-refractivity contribution in [3.05, 3.63) is 18.0 Å². The third-order valence-electron chi connectivity index (χ3n) is 3.36. The van der Waals surface area contributed by atoms with Crippen LogP contribution < -0.4 is 5.32 Å². The highest BCUT2D eigenvalue weighted by Gasteiger charge is 2.32. The van der Waals surface area contributed by atoms with Gasteiger partial charge in [-0.1, -0.05) is 6.92 Å². The molecule has 1 aromatic rings. The first-order chi connectivity index (χ1) is 8.63. The second-order valence-corrected chi connectivity index (χ2v) is 4.81. The van der Waals surface area contributed by atoms with Gasteiger partial charge in [-0.3, -0.25) is 5.10 Å². The summed E-state index contributed by atoms with van der Waals surface area (Å²) in [6.07, 6.45) is 2.57. The summed E-state index contributed by atoms with van der Waals surface area (Å²) in [5.41, 5.74) is 0.679. The average molecular weight is 252 g/mol. The first-order valence-electron chi connectivity index (χ1n) is 6.28. The topological polar surface area (TPSA) is 70.2 Å². The van der Waals surface area contributed by atoms with Crippen LogP contribution in [-0.4, -0.2) is 46.4 Å². The molecule has 0 spiro atoms. The number of H-pyrrole nitrogens is 1. The summed E-state index contributed by atoms with van der Waals surface area (Å²) in [4.78, 5) is 13.8. The number of hydrogen-bond donors (Lipinski definition) is 2. The number of nitrogens with one attached hydrogen (secondary N) is 2. The predicted molar refractivity (Wildman–Crippen MR) is 67.0 cm³/mol. The fourth-order valence-corrected chi connectivity index (χ4v) is 1.98. The maximum absolute atomic E-state index is 12.0. The van der Waals surface area contributed by atoms with Gasteiger partial charge in [0, 0.05) is 12.7 Å². The lowest BCUT2D eigenvalue weighted by molar-refractivity contribution is -0.0872. The fourth-order valence-electron chi connectivity index (χ4n) is 1.98. The Labute approximate surface area is 107 Å². The smallest absolute Gasteiger partial charge is 0.317 e. The second-order valence-electron chi connectivity index (χ2n) is 4.81. The molecule has 0 aliphatic carbocycles. The minimum atomic E-state index is -0.219. The van der Waals surface area contributed by atoms with Gasteiger partial charge in [0.05, 0.1) is 31.0 Å². The third kappa shape index (κ3) is 3.01. The molecule has 6 nitrogen and oxygen atoms in total. The van der Waals surface area contributed by atoms with Crippen molar-refractivity contribution in [3.63, 3.8) is 0 Å². The lowest BCUT2D eigenvalue weighted by atomic mass is 10.0. The Morgan fingerprint density at radius 3 is 3.22 bits per heavy atom. The molecule has 0 saturated carbocycles. The number of ether oxygens (including phenoxy) is 1. The van der Waals surface area contributed by atoms with Gasteiger partial charge in [-0.05, 0) is 19.4 Å². The molecule has 6 heteroatoms. The van der Waals surface area contributed by atoms with E-state index in [1.54, 1.807) is 6.20 Å². The molecule has 1 aliphatic rings. The zero-order valence-corrected chi connectivity index (χ0v) is 10.9. The third-order valence-corrected chi connectivity index (χ3v) is 3.36. The van der Waals surface area contributed by atoms with Gasteiger partial charge < -0.3 is 15.0 Å². The van der Waals surface area contributed by atoms with Gasteiger partial charge in [0.2, 0.25) is 0 Å². The lowest BCUT2D eigenvalue weighted by Gasteiger charge is -2.39. The number of aromatic nitrogens is 2. The summed E-state index contributed by atoms with van der Waals surface area (Å²) in [5.74, 6) is 0. The van der Waals surface area contributed by atoms with Gasteiger partial charge in [0.15, 0.2) is 0 Å². The number of aromatic amines is 1. The summed E-state index contributed by atoms with van der Waals surface area (Å²) in [6.45, 7) is 6.47. The summed E-state index contributed by atoms with van der Waals surface area (Å²) in [7, 11) is 0. The minimum absolute atomic E-state index is 0.0485. The number of morpholine rings is 1. The number of amides is 2. The molecule has 2 amide bonds. The SMILES string of the molecule is CC[C@@]1(C)CN(C(=O)NCc2ccn[nH]2)CCO1. The van der Waals surface area contributed by atoms with Gasteiger partial charge in [-0.25, -0.2) is 4.79 Å². The minimum Gasteiger partial charge on any atom is -0.372 e. The first kappa shape index (κ1) is 12.9. The van der Waals surface area contributed by atoms with Crippen molar-refractivity contribution in [3.8, 4) is 0 Å². The second kappa shape index (κ2) is 5.39. The van der Waals surface area contributed by atoms with Gasteiger partial charge in [-0.2, -0.15) is 5.10 Å². The molecule has 0 aromatic carbocycles. The number of nitrogens with zero attached hydrogens (tertiary/aromatic N) is 2. The van der Waals surface area contributed by atoms with E-state index >= 15 is 0 Å². The molecule has 0 radical (unpaired) electrons. The Morgan fingerprint density at radius 1 is 1.72 bits per heavy atom. The summed E-state index contributed by atoms with van der Waals surface area (Å²) in [6, 6.07) is 1.79. The molecule has 0 unspecified atom stereocenters. The normalized spacial score (nSPS) is 24.0. The molecule has 0 bridgehead atoms. The van der Waals surface area contributed by atoms with Crippen LogP contribution in [0.3, 0.4) is 0 Å². The van der Waals surface area contributed by atoms with Crippen molar-refractivity contribution in [1.29, 1.82) is 0 Å². The molecular weight excluding hydrogens is 232 g/mol. The van der Waals surface area contributed by atoms with E-state index in [9.17, 15) is 4.79 Å². The Balaban J connectivity index is 1.85. The molecule has 18 heavy (non-hydrogen) atoms. The monoisotopic (exact) mass is 252 g/mol. The number of carbonyl (C=O) groups excluding carboxylic acids is 1. The fraction of sp³-hybridized carbons (Fsp3) is 0.667. The van der Waals surface area contributed by atoms with Crippen LogP contribution in [-0.2, 0) is 11.3 Å². The molecule has 100 valence electrons. The van der Waals surface area contributed by atoms with Crippen molar-refractivity contribution < 1.29 is 9.53 Å². The van der Waals surface area contributed by atoms with E-state index in [0.29, 0.717) is 26.2 Å². The highest BCUT2D eigenvalue weighted by molar-refractivity contribution is 5.74. The Morgan fingerprint density at radius 2 is 2.56 bits per heavy atom. The largest absolute Gasteiger partial charge is 0.372 e. The van der Waals surface area contributed by atoms with Crippen LogP contribution in [0.1, 0.15) is 26.0 Å². The maximum atomic E-state index is 12.0. The Kier molecular flexibility index (Phi) is 3.86. The number of hydrogen-bond acceptors (Lipinski definition) is 3. The molecule has 2 N–H and O–H groups in total. The van der Waals surface area contributed by atoms with Crippen LogP contribution in [0, 0.1) is 0 Å². The van der Waals surface area contributed by atoms with Crippen molar-refractivity contribution in [2.24, 2.45) is 0 Å². The van der Waals surface area contributed by atoms with Crippen LogP contribution in [0.5, 0.6) is 0 Å². The molecule has 1 aliphatic heterocycles. The van der Waals surface area contributed by atoms with Crippen LogP contribution in [0.2, 0.25) is 0 Å². The predicted octanol–water partition coefficient (Wildman–Crippen LogP) is 1.12. The molecule has 2 heterocycles. The first-order valence-corrected chi connectivity index (χ1v) is 6.28. The van der Waals surface area contributed by atoms with E-state index in [4.69, 9.17) is 4.74 Å². The molecule has 1 saturated heterocycles. The summed E-state index contributed by atoms with van der Waals surface area (Å²) in [5, 5.41) is 9.53. The zero-order chi connectivity index (χ0) is 13.0. The van der Waals surface area contributed by atoms with Crippen molar-refractivity contribution in [1.82, 2.24) is 20.4 Å². The van der Waals surface area contributed by atoms with E-state index in [0.717, 1.165) is 12.1 Å². The molecule has 2 rings (SSSR count). The van der Waals surface area contributed by atoms with Crippen LogP contribution in [0.4, 0.5) is 4.79 Å². The summed E-state index contributed by atoms with van der Waals surface area (Å²) >= 11 is 0. The Bertz CT molecular complexity index is 393. The molecule has 1 atom stereocenters. The van der Waals surface area contributed by atoms with Crippen molar-refractivity contribution >= 4 is 6.03 Å². The van der Waals surface area contributed by atoms with E-state index in [2.05, 4.69) is 22.4 Å². The zero-order valence-electron chi connectivity index (χ0n) is 10.9. The van der Waals surface area contributed by atoms with Gasteiger partial charge in [0.1, 0.15) is 0 Å². The standard InChI is InChI=1S/C12H20N4O2/c1-3-12(2)9-16(6-7-18-12)11(17)13-8-10-4-5-14-15-10/h4-5H,3,6-9H2,1-2H3,(H,13,17)(H,14,15)/t12-/m0/s1. The van der Waals surface area contributed by atoms with E-state index in [-0.39, 0.29) is 11.6 Å². The summed E-state index contributed by atoms with van der Waals surface area (Å²) < 4.78 is 5.71. The molecule has 1 aromatic heterocycles.